The maximum Gasteiger partial charge on any atom is 0.191 e. The summed E-state index contributed by atoms with van der Waals surface area (Å²) in [5.74, 6) is 0.868. The third-order valence-corrected chi connectivity index (χ3v) is 6.34. The third-order valence-electron chi connectivity index (χ3n) is 4.85. The molecule has 30 heavy (non-hydrogen) atoms. The SMILES string of the molecule is CCNC(=NCc1ccc(-n2cncn2)cc1)NCC1(Sc2ccccc2)CC1.I. The maximum atomic E-state index is 4.76. The minimum absolute atomic E-state index is 0. The van der Waals surface area contributed by atoms with E-state index >= 15 is 0 Å². The van der Waals surface area contributed by atoms with Crippen LogP contribution < -0.4 is 10.6 Å². The van der Waals surface area contributed by atoms with Crippen molar-refractivity contribution >= 4 is 41.7 Å². The summed E-state index contributed by atoms with van der Waals surface area (Å²) < 4.78 is 2.04. The Balaban J connectivity index is 0.00000256. The van der Waals surface area contributed by atoms with Crippen molar-refractivity contribution in [3.8, 4) is 5.69 Å². The normalized spacial score (nSPS) is 14.6. The lowest BCUT2D eigenvalue weighted by Gasteiger charge is -2.18. The van der Waals surface area contributed by atoms with E-state index in [1.54, 1.807) is 11.0 Å². The summed E-state index contributed by atoms with van der Waals surface area (Å²) in [6.07, 6.45) is 5.71. The standard InChI is InChI=1S/C22H26N6S.HI/c1-2-24-21(26-15-22(12-13-22)29-20-6-4-3-5-7-20)25-14-18-8-10-19(11-9-18)28-17-23-16-27-28;/h3-11,16-17H,2,12-15H2,1H3,(H2,24,25,26);1H. The van der Waals surface area contributed by atoms with E-state index in [9.17, 15) is 0 Å². The molecule has 1 aromatic heterocycles. The lowest BCUT2D eigenvalue weighted by molar-refractivity contribution is 0.769. The van der Waals surface area contributed by atoms with Crippen molar-refractivity contribution in [3.63, 3.8) is 0 Å². The highest BCUT2D eigenvalue weighted by molar-refractivity contribution is 14.0. The van der Waals surface area contributed by atoms with Gasteiger partial charge in [-0.2, -0.15) is 5.10 Å². The van der Waals surface area contributed by atoms with E-state index in [0.29, 0.717) is 6.54 Å². The van der Waals surface area contributed by atoms with Gasteiger partial charge in [0.1, 0.15) is 12.7 Å². The molecule has 0 atom stereocenters. The van der Waals surface area contributed by atoms with Crippen molar-refractivity contribution in [2.75, 3.05) is 13.1 Å². The maximum absolute atomic E-state index is 4.76. The number of benzene rings is 2. The molecule has 0 bridgehead atoms. The topological polar surface area (TPSA) is 67.1 Å². The van der Waals surface area contributed by atoms with E-state index in [0.717, 1.165) is 30.3 Å². The second kappa shape index (κ2) is 10.8. The van der Waals surface area contributed by atoms with E-state index < -0.39 is 0 Å². The Morgan fingerprint density at radius 3 is 2.50 bits per heavy atom. The van der Waals surface area contributed by atoms with Gasteiger partial charge in [-0.15, -0.1) is 35.7 Å². The summed E-state index contributed by atoms with van der Waals surface area (Å²) in [5, 5.41) is 11.1. The van der Waals surface area contributed by atoms with Gasteiger partial charge in [0.2, 0.25) is 0 Å². The van der Waals surface area contributed by atoms with Gasteiger partial charge in [-0.1, -0.05) is 30.3 Å². The molecule has 4 rings (SSSR count). The molecule has 2 N–H and O–H groups in total. The zero-order chi connectivity index (χ0) is 19.9. The Labute approximate surface area is 199 Å². The summed E-state index contributed by atoms with van der Waals surface area (Å²) in [6.45, 7) is 4.49. The number of nitrogens with zero attached hydrogens (tertiary/aromatic N) is 4. The molecule has 2 aromatic carbocycles. The van der Waals surface area contributed by atoms with Crippen LogP contribution in [0.1, 0.15) is 25.3 Å². The molecule has 0 saturated heterocycles. The molecule has 0 radical (unpaired) electrons. The first-order chi connectivity index (χ1) is 14.3. The van der Waals surface area contributed by atoms with Gasteiger partial charge in [0.05, 0.1) is 12.2 Å². The van der Waals surface area contributed by atoms with Gasteiger partial charge in [0.25, 0.3) is 0 Å². The average molecular weight is 534 g/mol. The predicted molar refractivity (Wildman–Crippen MR) is 134 cm³/mol. The van der Waals surface area contributed by atoms with Crippen molar-refractivity contribution in [2.45, 2.75) is 36.0 Å². The first-order valence-electron chi connectivity index (χ1n) is 9.96. The molecule has 1 fully saturated rings. The fourth-order valence-corrected chi connectivity index (χ4v) is 4.29. The number of hydrogen-bond acceptors (Lipinski definition) is 4. The minimum atomic E-state index is 0. The quantitative estimate of drug-likeness (QED) is 0.257. The van der Waals surface area contributed by atoms with Crippen LogP contribution in [0.5, 0.6) is 0 Å². The first kappa shape index (κ1) is 22.6. The number of rotatable bonds is 8. The lowest BCUT2D eigenvalue weighted by Crippen LogP contribution is -2.41. The summed E-state index contributed by atoms with van der Waals surface area (Å²) in [7, 11) is 0. The largest absolute Gasteiger partial charge is 0.357 e. The molecule has 8 heteroatoms. The number of halogens is 1. The van der Waals surface area contributed by atoms with Crippen LogP contribution in [0.3, 0.4) is 0 Å². The van der Waals surface area contributed by atoms with Crippen LogP contribution in [0.25, 0.3) is 5.69 Å². The van der Waals surface area contributed by atoms with Crippen LogP contribution >= 0.6 is 35.7 Å². The van der Waals surface area contributed by atoms with Gasteiger partial charge in [-0.25, -0.2) is 14.7 Å². The Bertz CT molecular complexity index is 924. The number of thioether (sulfide) groups is 1. The Morgan fingerprint density at radius 1 is 1.10 bits per heavy atom. The minimum Gasteiger partial charge on any atom is -0.357 e. The second-order valence-electron chi connectivity index (χ2n) is 7.15. The van der Waals surface area contributed by atoms with Crippen LogP contribution in [0.4, 0.5) is 0 Å². The van der Waals surface area contributed by atoms with Gasteiger partial charge >= 0.3 is 0 Å². The Morgan fingerprint density at radius 2 is 1.87 bits per heavy atom. The number of hydrogen-bond donors (Lipinski definition) is 2. The molecular formula is C22H27IN6S. The van der Waals surface area contributed by atoms with Gasteiger partial charge in [0, 0.05) is 22.7 Å². The molecule has 1 aliphatic rings. The van der Waals surface area contributed by atoms with Crippen molar-refractivity contribution in [1.82, 2.24) is 25.4 Å². The third kappa shape index (κ3) is 6.21. The van der Waals surface area contributed by atoms with E-state index in [4.69, 9.17) is 4.99 Å². The molecule has 0 amide bonds. The van der Waals surface area contributed by atoms with Crippen LogP contribution in [0.2, 0.25) is 0 Å². The van der Waals surface area contributed by atoms with E-state index in [1.807, 2.05) is 23.9 Å². The van der Waals surface area contributed by atoms with Gasteiger partial charge in [-0.3, -0.25) is 0 Å². The van der Waals surface area contributed by atoms with Crippen LogP contribution in [-0.4, -0.2) is 38.6 Å². The molecule has 6 nitrogen and oxygen atoms in total. The predicted octanol–water partition coefficient (Wildman–Crippen LogP) is 4.27. The lowest BCUT2D eigenvalue weighted by atomic mass is 10.2. The van der Waals surface area contributed by atoms with Gasteiger partial charge < -0.3 is 10.6 Å². The summed E-state index contributed by atoms with van der Waals surface area (Å²) in [5.41, 5.74) is 2.15. The fourth-order valence-electron chi connectivity index (χ4n) is 3.05. The fraction of sp³-hybridized carbons (Fsp3) is 0.318. The Kier molecular flexibility index (Phi) is 8.15. The zero-order valence-electron chi connectivity index (χ0n) is 17.0. The molecule has 0 spiro atoms. The van der Waals surface area contributed by atoms with E-state index in [-0.39, 0.29) is 28.7 Å². The van der Waals surface area contributed by atoms with Crippen molar-refractivity contribution in [3.05, 3.63) is 72.8 Å². The second-order valence-corrected chi connectivity index (χ2v) is 8.69. The molecule has 0 aliphatic heterocycles. The summed E-state index contributed by atoms with van der Waals surface area (Å²) >= 11 is 1.97. The van der Waals surface area contributed by atoms with Gasteiger partial charge in [-0.05, 0) is 49.6 Å². The van der Waals surface area contributed by atoms with Crippen LogP contribution in [0.15, 0.2) is 77.1 Å². The monoisotopic (exact) mass is 534 g/mol. The summed E-state index contributed by atoms with van der Waals surface area (Å²) in [4.78, 5) is 10.1. The van der Waals surface area contributed by atoms with Crippen molar-refractivity contribution < 1.29 is 0 Å². The first-order valence-corrected chi connectivity index (χ1v) is 10.8. The molecular weight excluding hydrogens is 507 g/mol. The molecule has 1 heterocycles. The summed E-state index contributed by atoms with van der Waals surface area (Å²) in [6, 6.07) is 18.9. The van der Waals surface area contributed by atoms with Crippen molar-refractivity contribution in [2.24, 2.45) is 4.99 Å². The molecule has 1 aliphatic carbocycles. The number of guanidine groups is 1. The van der Waals surface area contributed by atoms with Crippen LogP contribution in [-0.2, 0) is 6.54 Å². The Hall–Kier alpha value is -2.07. The van der Waals surface area contributed by atoms with E-state index in [2.05, 4.69) is 70.1 Å². The van der Waals surface area contributed by atoms with Crippen LogP contribution in [0, 0.1) is 0 Å². The average Bonchev–Trinajstić information content (AvgIpc) is 3.29. The number of aromatic nitrogens is 3. The van der Waals surface area contributed by atoms with Gasteiger partial charge in [0.15, 0.2) is 5.96 Å². The van der Waals surface area contributed by atoms with Crippen molar-refractivity contribution in [1.29, 1.82) is 0 Å². The molecule has 0 unspecified atom stereocenters. The highest BCUT2D eigenvalue weighted by atomic mass is 127. The number of nitrogens with one attached hydrogen (secondary N) is 2. The highest BCUT2D eigenvalue weighted by Crippen LogP contribution is 2.51. The highest BCUT2D eigenvalue weighted by Gasteiger charge is 2.43. The van der Waals surface area contributed by atoms with E-state index in [1.165, 1.54) is 24.1 Å². The number of aliphatic imine (C=N–C) groups is 1. The molecule has 3 aromatic rings. The molecule has 158 valence electrons. The molecule has 1 saturated carbocycles. The smallest absolute Gasteiger partial charge is 0.191 e. The zero-order valence-corrected chi connectivity index (χ0v) is 20.1.